The summed E-state index contributed by atoms with van der Waals surface area (Å²) in [4.78, 5) is 34.8. The van der Waals surface area contributed by atoms with E-state index >= 15 is 0 Å². The molecule has 1 aromatic rings. The predicted octanol–water partition coefficient (Wildman–Crippen LogP) is 1.92. The highest BCUT2D eigenvalue weighted by Gasteiger charge is 2.56. The zero-order valence-corrected chi connectivity index (χ0v) is 19.8. The number of benzene rings is 1. The van der Waals surface area contributed by atoms with Crippen molar-refractivity contribution in [2.45, 2.75) is 32.2 Å². The first-order valence-electron chi connectivity index (χ1n) is 12.0. The summed E-state index contributed by atoms with van der Waals surface area (Å²) >= 11 is 0. The zero-order chi connectivity index (χ0) is 23.3. The van der Waals surface area contributed by atoms with Crippen molar-refractivity contribution >= 4 is 11.9 Å². The molecule has 1 atom stereocenters. The van der Waals surface area contributed by atoms with Gasteiger partial charge in [-0.15, -0.1) is 0 Å². The average Bonchev–Trinajstić information content (AvgIpc) is 3.02. The second-order valence-corrected chi connectivity index (χ2v) is 8.99. The number of amides is 3. The van der Waals surface area contributed by atoms with Crippen LogP contribution in [0.15, 0.2) is 24.3 Å². The summed E-state index contributed by atoms with van der Waals surface area (Å²) in [6, 6.07) is 7.37. The van der Waals surface area contributed by atoms with E-state index in [0.717, 1.165) is 37.2 Å². The SMILES string of the molecule is CCCCOc1ccc(C2(C)C(=O)N(CN3CCOCC3)C(=O)N2CN2CCOCC2)cc1. The Hall–Kier alpha value is -2.20. The Morgan fingerprint density at radius 1 is 0.909 bits per heavy atom. The van der Waals surface area contributed by atoms with Crippen LogP contribution in [-0.2, 0) is 19.8 Å². The number of nitrogens with zero attached hydrogens (tertiary/aromatic N) is 4. The largest absolute Gasteiger partial charge is 0.494 e. The summed E-state index contributed by atoms with van der Waals surface area (Å²) in [6.07, 6.45) is 2.07. The number of ether oxygens (including phenoxy) is 3. The van der Waals surface area contributed by atoms with Crippen molar-refractivity contribution in [2.24, 2.45) is 0 Å². The van der Waals surface area contributed by atoms with E-state index in [0.29, 0.717) is 52.8 Å². The van der Waals surface area contributed by atoms with Crippen LogP contribution in [0, 0.1) is 0 Å². The Morgan fingerprint density at radius 2 is 1.48 bits per heavy atom. The molecule has 9 nitrogen and oxygen atoms in total. The van der Waals surface area contributed by atoms with E-state index in [9.17, 15) is 9.59 Å². The summed E-state index contributed by atoms with van der Waals surface area (Å²) in [5.41, 5.74) is -0.287. The number of morpholine rings is 2. The van der Waals surface area contributed by atoms with E-state index in [1.807, 2.05) is 31.2 Å². The van der Waals surface area contributed by atoms with E-state index in [1.54, 1.807) is 4.90 Å². The average molecular weight is 461 g/mol. The van der Waals surface area contributed by atoms with Crippen molar-refractivity contribution in [3.8, 4) is 5.75 Å². The van der Waals surface area contributed by atoms with Crippen molar-refractivity contribution in [2.75, 3.05) is 72.6 Å². The molecule has 3 aliphatic heterocycles. The third-order valence-corrected chi connectivity index (χ3v) is 6.74. The van der Waals surface area contributed by atoms with Crippen LogP contribution in [0.3, 0.4) is 0 Å². The van der Waals surface area contributed by atoms with Crippen LogP contribution < -0.4 is 4.74 Å². The minimum Gasteiger partial charge on any atom is -0.494 e. The molecule has 4 rings (SSSR count). The Morgan fingerprint density at radius 3 is 2.06 bits per heavy atom. The molecule has 9 heteroatoms. The van der Waals surface area contributed by atoms with Gasteiger partial charge in [0.25, 0.3) is 5.91 Å². The van der Waals surface area contributed by atoms with Crippen molar-refractivity contribution in [1.29, 1.82) is 0 Å². The lowest BCUT2D eigenvalue weighted by atomic mass is 9.90. The Labute approximate surface area is 196 Å². The number of carbonyl (C=O) groups is 2. The van der Waals surface area contributed by atoms with Crippen LogP contribution in [0.4, 0.5) is 4.79 Å². The van der Waals surface area contributed by atoms with Gasteiger partial charge in [0, 0.05) is 26.2 Å². The molecule has 182 valence electrons. The number of rotatable bonds is 9. The van der Waals surface area contributed by atoms with Gasteiger partial charge in [-0.25, -0.2) is 9.69 Å². The molecule has 33 heavy (non-hydrogen) atoms. The van der Waals surface area contributed by atoms with Gasteiger partial charge in [-0.3, -0.25) is 19.5 Å². The fraction of sp³-hybridized carbons (Fsp3) is 0.667. The topological polar surface area (TPSA) is 74.8 Å². The molecule has 3 saturated heterocycles. The van der Waals surface area contributed by atoms with Crippen LogP contribution in [0.1, 0.15) is 32.3 Å². The van der Waals surface area contributed by atoms with Crippen LogP contribution in [-0.4, -0.2) is 104 Å². The smallest absolute Gasteiger partial charge is 0.330 e. The van der Waals surface area contributed by atoms with Gasteiger partial charge in [-0.2, -0.15) is 0 Å². The van der Waals surface area contributed by atoms with E-state index in [4.69, 9.17) is 14.2 Å². The summed E-state index contributed by atoms with van der Waals surface area (Å²) < 4.78 is 16.7. The van der Waals surface area contributed by atoms with Gasteiger partial charge in [0.2, 0.25) is 0 Å². The Balaban J connectivity index is 1.58. The zero-order valence-electron chi connectivity index (χ0n) is 19.8. The molecule has 0 radical (unpaired) electrons. The highest BCUT2D eigenvalue weighted by molar-refractivity contribution is 6.07. The molecule has 3 aliphatic rings. The Bertz CT molecular complexity index is 808. The summed E-state index contributed by atoms with van der Waals surface area (Å²) in [6.45, 7) is 10.7. The molecule has 0 saturated carbocycles. The maximum Gasteiger partial charge on any atom is 0.330 e. The van der Waals surface area contributed by atoms with Gasteiger partial charge >= 0.3 is 6.03 Å². The first-order valence-corrected chi connectivity index (χ1v) is 12.0. The van der Waals surface area contributed by atoms with Gasteiger partial charge in [0.05, 0.1) is 46.4 Å². The van der Waals surface area contributed by atoms with Crippen LogP contribution in [0.2, 0.25) is 0 Å². The number of carbonyl (C=O) groups excluding carboxylic acids is 2. The molecule has 3 fully saturated rings. The lowest BCUT2D eigenvalue weighted by molar-refractivity contribution is -0.135. The van der Waals surface area contributed by atoms with Crippen molar-refractivity contribution in [3.63, 3.8) is 0 Å². The molecule has 0 bridgehead atoms. The third-order valence-electron chi connectivity index (χ3n) is 6.74. The fourth-order valence-corrected chi connectivity index (χ4v) is 4.50. The minimum absolute atomic E-state index is 0.188. The van der Waals surface area contributed by atoms with Gasteiger partial charge in [-0.05, 0) is 31.0 Å². The highest BCUT2D eigenvalue weighted by Crippen LogP contribution is 2.38. The summed E-state index contributed by atoms with van der Waals surface area (Å²) in [5.74, 6) is 0.587. The molecule has 1 unspecified atom stereocenters. The van der Waals surface area contributed by atoms with Crippen molar-refractivity contribution in [1.82, 2.24) is 19.6 Å². The first kappa shape index (κ1) is 23.9. The monoisotopic (exact) mass is 460 g/mol. The fourth-order valence-electron chi connectivity index (χ4n) is 4.50. The maximum atomic E-state index is 13.8. The molecule has 3 amide bonds. The van der Waals surface area contributed by atoms with Crippen LogP contribution in [0.5, 0.6) is 5.75 Å². The lowest BCUT2D eigenvalue weighted by Crippen LogP contribution is -2.51. The van der Waals surface area contributed by atoms with E-state index in [-0.39, 0.29) is 18.6 Å². The number of hydrogen-bond acceptors (Lipinski definition) is 7. The van der Waals surface area contributed by atoms with Crippen LogP contribution in [0.25, 0.3) is 0 Å². The molecular formula is C24H36N4O5. The van der Waals surface area contributed by atoms with E-state index in [2.05, 4.69) is 16.7 Å². The maximum absolute atomic E-state index is 13.8. The molecule has 0 spiro atoms. The van der Waals surface area contributed by atoms with Crippen molar-refractivity contribution in [3.05, 3.63) is 29.8 Å². The number of imide groups is 1. The molecule has 1 aromatic carbocycles. The normalized spacial score (nSPS) is 25.2. The molecule has 0 N–H and O–H groups in total. The predicted molar refractivity (Wildman–Crippen MR) is 123 cm³/mol. The summed E-state index contributed by atoms with van der Waals surface area (Å²) in [5, 5.41) is 0. The van der Waals surface area contributed by atoms with Gasteiger partial charge in [-0.1, -0.05) is 25.5 Å². The molecular weight excluding hydrogens is 424 g/mol. The van der Waals surface area contributed by atoms with Crippen molar-refractivity contribution < 1.29 is 23.8 Å². The lowest BCUT2D eigenvalue weighted by Gasteiger charge is -2.37. The van der Waals surface area contributed by atoms with Crippen LogP contribution >= 0.6 is 0 Å². The number of unbranched alkanes of at least 4 members (excludes halogenated alkanes) is 1. The van der Waals surface area contributed by atoms with E-state index < -0.39 is 5.54 Å². The second kappa shape index (κ2) is 10.8. The number of hydrogen-bond donors (Lipinski definition) is 0. The number of urea groups is 1. The molecule has 3 heterocycles. The Kier molecular flexibility index (Phi) is 7.85. The minimum atomic E-state index is -1.08. The van der Waals surface area contributed by atoms with E-state index in [1.165, 1.54) is 4.90 Å². The standard InChI is InChI=1S/C24H36N4O5/c1-3-4-13-33-21-7-5-20(6-8-21)24(2)22(29)27(18-25-9-14-31-15-10-25)23(30)28(24)19-26-11-16-32-17-12-26/h5-8H,3-4,9-19H2,1-2H3. The first-order chi connectivity index (χ1) is 16.0. The van der Waals surface area contributed by atoms with Gasteiger partial charge in [0.15, 0.2) is 0 Å². The van der Waals surface area contributed by atoms with Gasteiger partial charge < -0.3 is 14.2 Å². The summed E-state index contributed by atoms with van der Waals surface area (Å²) in [7, 11) is 0. The molecule has 0 aromatic heterocycles. The highest BCUT2D eigenvalue weighted by atomic mass is 16.5. The third kappa shape index (κ3) is 5.16. The second-order valence-electron chi connectivity index (χ2n) is 8.99. The quantitative estimate of drug-likeness (QED) is 0.412. The molecule has 0 aliphatic carbocycles. The van der Waals surface area contributed by atoms with Gasteiger partial charge in [0.1, 0.15) is 11.3 Å².